The van der Waals surface area contributed by atoms with Crippen LogP contribution in [0.4, 0.5) is 0 Å². The van der Waals surface area contributed by atoms with Gasteiger partial charge in [0.05, 0.1) is 11.3 Å². The SMILES string of the molecule is CC.CC1CC(c2ccc(C(=O)O)cc2)=NO1. The molecule has 1 heterocycles. The van der Waals surface area contributed by atoms with Crippen molar-refractivity contribution in [1.82, 2.24) is 0 Å². The molecule has 0 amide bonds. The zero-order valence-electron chi connectivity index (χ0n) is 10.3. The molecule has 4 nitrogen and oxygen atoms in total. The van der Waals surface area contributed by atoms with E-state index in [0.29, 0.717) is 0 Å². The van der Waals surface area contributed by atoms with Crippen molar-refractivity contribution in [1.29, 1.82) is 0 Å². The summed E-state index contributed by atoms with van der Waals surface area (Å²) in [7, 11) is 0. The molecule has 92 valence electrons. The number of carbonyl (C=O) groups is 1. The van der Waals surface area contributed by atoms with Gasteiger partial charge in [-0.25, -0.2) is 4.79 Å². The predicted octanol–water partition coefficient (Wildman–Crippen LogP) is 2.92. The van der Waals surface area contributed by atoms with Crippen LogP contribution in [-0.2, 0) is 4.84 Å². The molecule has 1 N–H and O–H groups in total. The van der Waals surface area contributed by atoms with E-state index in [1.54, 1.807) is 24.3 Å². The maximum atomic E-state index is 10.6. The minimum atomic E-state index is -0.917. The molecule has 4 heteroatoms. The van der Waals surface area contributed by atoms with E-state index in [-0.39, 0.29) is 11.7 Å². The van der Waals surface area contributed by atoms with Gasteiger partial charge in [-0.2, -0.15) is 0 Å². The Bertz CT molecular complexity index is 409. The van der Waals surface area contributed by atoms with Crippen molar-refractivity contribution in [2.45, 2.75) is 33.3 Å². The summed E-state index contributed by atoms with van der Waals surface area (Å²) in [6, 6.07) is 6.65. The molecule has 2 rings (SSSR count). The van der Waals surface area contributed by atoms with Crippen LogP contribution in [0.25, 0.3) is 0 Å². The van der Waals surface area contributed by atoms with Gasteiger partial charge >= 0.3 is 5.97 Å². The summed E-state index contributed by atoms with van der Waals surface area (Å²) in [5, 5.41) is 12.7. The standard InChI is InChI=1S/C11H11NO3.C2H6/c1-7-6-10(12-15-7)8-2-4-9(5-3-8)11(13)14;1-2/h2-5,7H,6H2,1H3,(H,13,14);1-2H3. The molecule has 0 saturated heterocycles. The van der Waals surface area contributed by atoms with E-state index in [9.17, 15) is 4.79 Å². The lowest BCUT2D eigenvalue weighted by Gasteiger charge is -1.99. The lowest BCUT2D eigenvalue weighted by molar-refractivity contribution is 0.0697. The monoisotopic (exact) mass is 235 g/mol. The Labute approximate surface area is 101 Å². The van der Waals surface area contributed by atoms with Crippen LogP contribution < -0.4 is 0 Å². The van der Waals surface area contributed by atoms with Gasteiger partial charge in [-0.05, 0) is 24.6 Å². The van der Waals surface area contributed by atoms with Crippen molar-refractivity contribution in [3.63, 3.8) is 0 Å². The third-order valence-corrected chi connectivity index (χ3v) is 2.29. The Kier molecular flexibility index (Phi) is 4.69. The maximum Gasteiger partial charge on any atom is 0.335 e. The zero-order chi connectivity index (χ0) is 12.8. The van der Waals surface area contributed by atoms with E-state index in [1.165, 1.54) is 0 Å². The number of carboxylic acids is 1. The van der Waals surface area contributed by atoms with E-state index >= 15 is 0 Å². The van der Waals surface area contributed by atoms with Crippen LogP contribution >= 0.6 is 0 Å². The molecule has 1 aliphatic heterocycles. The summed E-state index contributed by atoms with van der Waals surface area (Å²) < 4.78 is 0. The fourth-order valence-electron chi connectivity index (χ4n) is 1.48. The van der Waals surface area contributed by atoms with Crippen LogP contribution in [0.5, 0.6) is 0 Å². The molecule has 0 bridgehead atoms. The molecule has 0 radical (unpaired) electrons. The first-order chi connectivity index (χ1) is 8.16. The zero-order valence-corrected chi connectivity index (χ0v) is 10.3. The van der Waals surface area contributed by atoms with Gasteiger partial charge in [-0.3, -0.25) is 0 Å². The molecule has 0 saturated carbocycles. The summed E-state index contributed by atoms with van der Waals surface area (Å²) in [6.07, 6.45) is 0.881. The summed E-state index contributed by atoms with van der Waals surface area (Å²) in [5.74, 6) is -0.917. The second-order valence-corrected chi connectivity index (χ2v) is 3.54. The van der Waals surface area contributed by atoms with Crippen molar-refractivity contribution >= 4 is 11.7 Å². The number of aromatic carboxylic acids is 1. The van der Waals surface area contributed by atoms with E-state index in [2.05, 4.69) is 5.16 Å². The van der Waals surface area contributed by atoms with Crippen molar-refractivity contribution in [2.24, 2.45) is 5.16 Å². The van der Waals surface area contributed by atoms with Gasteiger partial charge in [0.1, 0.15) is 6.10 Å². The van der Waals surface area contributed by atoms with Gasteiger partial charge < -0.3 is 9.94 Å². The molecule has 0 fully saturated rings. The summed E-state index contributed by atoms with van der Waals surface area (Å²) in [4.78, 5) is 15.7. The molecule has 17 heavy (non-hydrogen) atoms. The van der Waals surface area contributed by atoms with Gasteiger partial charge in [-0.15, -0.1) is 0 Å². The van der Waals surface area contributed by atoms with Gasteiger partial charge in [0.2, 0.25) is 0 Å². The molecule has 1 aromatic carbocycles. The number of hydrogen-bond acceptors (Lipinski definition) is 3. The largest absolute Gasteiger partial charge is 0.478 e. The molecule has 0 spiro atoms. The van der Waals surface area contributed by atoms with Crippen molar-refractivity contribution in [3.8, 4) is 0 Å². The highest BCUT2D eigenvalue weighted by molar-refractivity contribution is 6.01. The van der Waals surface area contributed by atoms with Crippen molar-refractivity contribution in [3.05, 3.63) is 35.4 Å². The number of carboxylic acid groups (broad SMARTS) is 1. The predicted molar refractivity (Wildman–Crippen MR) is 66.5 cm³/mol. The van der Waals surface area contributed by atoms with Crippen LogP contribution in [0, 0.1) is 0 Å². The first-order valence-corrected chi connectivity index (χ1v) is 5.73. The van der Waals surface area contributed by atoms with Crippen molar-refractivity contribution in [2.75, 3.05) is 0 Å². The van der Waals surface area contributed by atoms with E-state index in [0.717, 1.165) is 17.7 Å². The molecule has 0 aromatic heterocycles. The highest BCUT2D eigenvalue weighted by Crippen LogP contribution is 2.16. The number of rotatable bonds is 2. The maximum absolute atomic E-state index is 10.6. The fourth-order valence-corrected chi connectivity index (χ4v) is 1.48. The number of benzene rings is 1. The van der Waals surface area contributed by atoms with Gasteiger partial charge in [0.25, 0.3) is 0 Å². The number of nitrogens with zero attached hydrogens (tertiary/aromatic N) is 1. The molecular weight excluding hydrogens is 218 g/mol. The quantitative estimate of drug-likeness (QED) is 0.857. The third-order valence-electron chi connectivity index (χ3n) is 2.29. The van der Waals surface area contributed by atoms with E-state index < -0.39 is 5.97 Å². The van der Waals surface area contributed by atoms with Crippen LogP contribution in [0.2, 0.25) is 0 Å². The van der Waals surface area contributed by atoms with Gasteiger partial charge in [-0.1, -0.05) is 31.1 Å². The van der Waals surface area contributed by atoms with Crippen molar-refractivity contribution < 1.29 is 14.7 Å². The topological polar surface area (TPSA) is 58.9 Å². The molecule has 0 aliphatic carbocycles. The Morgan fingerprint density at radius 3 is 2.35 bits per heavy atom. The minimum absolute atomic E-state index is 0.110. The van der Waals surface area contributed by atoms with Crippen LogP contribution in [0.1, 0.15) is 43.1 Å². The van der Waals surface area contributed by atoms with Gasteiger partial charge in [0.15, 0.2) is 0 Å². The van der Waals surface area contributed by atoms with E-state index in [1.807, 2.05) is 20.8 Å². The Balaban J connectivity index is 0.000000686. The lowest BCUT2D eigenvalue weighted by atomic mass is 10.0. The lowest BCUT2D eigenvalue weighted by Crippen LogP contribution is -2.04. The summed E-state index contributed by atoms with van der Waals surface area (Å²) >= 11 is 0. The normalized spacial score (nSPS) is 17.6. The minimum Gasteiger partial charge on any atom is -0.478 e. The molecule has 1 unspecified atom stereocenters. The molecule has 1 aromatic rings. The van der Waals surface area contributed by atoms with Crippen LogP contribution in [0.15, 0.2) is 29.4 Å². The highest BCUT2D eigenvalue weighted by Gasteiger charge is 2.17. The average Bonchev–Trinajstić information content (AvgIpc) is 2.79. The Morgan fingerprint density at radius 2 is 1.94 bits per heavy atom. The average molecular weight is 235 g/mol. The summed E-state index contributed by atoms with van der Waals surface area (Å²) in [5.41, 5.74) is 2.08. The smallest absolute Gasteiger partial charge is 0.335 e. The first-order valence-electron chi connectivity index (χ1n) is 5.73. The summed E-state index contributed by atoms with van der Waals surface area (Å²) in [6.45, 7) is 5.95. The number of hydrogen-bond donors (Lipinski definition) is 1. The Morgan fingerprint density at radius 1 is 1.35 bits per heavy atom. The second kappa shape index (κ2) is 6.03. The number of oxime groups is 1. The first kappa shape index (κ1) is 13.2. The van der Waals surface area contributed by atoms with Crippen LogP contribution in [0.3, 0.4) is 0 Å². The highest BCUT2D eigenvalue weighted by atomic mass is 16.6. The molecule has 1 aliphatic rings. The Hall–Kier alpha value is -1.84. The third kappa shape index (κ3) is 3.31. The second-order valence-electron chi connectivity index (χ2n) is 3.54. The van der Waals surface area contributed by atoms with Crippen LogP contribution in [-0.4, -0.2) is 22.9 Å². The fraction of sp³-hybridized carbons (Fsp3) is 0.385. The van der Waals surface area contributed by atoms with Gasteiger partial charge in [0, 0.05) is 6.42 Å². The van der Waals surface area contributed by atoms with E-state index in [4.69, 9.17) is 9.94 Å². The molecule has 1 atom stereocenters. The molecular formula is C13H17NO3.